The third kappa shape index (κ3) is 6.18. The number of rotatable bonds is 9. The molecule has 1 nitrogen and oxygen atoms in total. The monoisotopic (exact) mass is 346 g/mol. The molecule has 0 N–H and O–H groups in total. The summed E-state index contributed by atoms with van der Waals surface area (Å²) in [6.07, 6.45) is 7.40. The predicted molar refractivity (Wildman–Crippen MR) is 87.3 cm³/mol. The molecule has 0 aliphatic heterocycles. The van der Waals surface area contributed by atoms with Crippen molar-refractivity contribution in [3.05, 3.63) is 28.2 Å². The van der Waals surface area contributed by atoms with Crippen molar-refractivity contribution in [1.29, 1.82) is 0 Å². The fourth-order valence-electron chi connectivity index (χ4n) is 2.13. The standard InChI is InChI=1S/C16H24BrClO/c1-3-5-6-7-8-9-15(18)14-12-13(17)10-11-16(14)19-4-2/h10-12,15H,3-9H2,1-2H3. The van der Waals surface area contributed by atoms with Gasteiger partial charge in [-0.3, -0.25) is 0 Å². The van der Waals surface area contributed by atoms with Crippen LogP contribution in [0.25, 0.3) is 0 Å². The van der Waals surface area contributed by atoms with Gasteiger partial charge in [-0.1, -0.05) is 55.0 Å². The fraction of sp³-hybridized carbons (Fsp3) is 0.625. The molecule has 1 aromatic carbocycles. The van der Waals surface area contributed by atoms with Crippen molar-refractivity contribution in [3.8, 4) is 5.75 Å². The van der Waals surface area contributed by atoms with Gasteiger partial charge in [0.05, 0.1) is 12.0 Å². The topological polar surface area (TPSA) is 9.23 Å². The first kappa shape index (κ1) is 16.8. The van der Waals surface area contributed by atoms with E-state index in [9.17, 15) is 0 Å². The van der Waals surface area contributed by atoms with Crippen molar-refractivity contribution in [1.82, 2.24) is 0 Å². The minimum atomic E-state index is 0.0423. The van der Waals surface area contributed by atoms with Crippen molar-refractivity contribution < 1.29 is 4.74 Å². The Labute approximate surface area is 130 Å². The van der Waals surface area contributed by atoms with Crippen LogP contribution < -0.4 is 4.74 Å². The highest BCUT2D eigenvalue weighted by Crippen LogP contribution is 2.35. The summed E-state index contributed by atoms with van der Waals surface area (Å²) in [6, 6.07) is 6.07. The van der Waals surface area contributed by atoms with Gasteiger partial charge in [0.1, 0.15) is 5.75 Å². The van der Waals surface area contributed by atoms with Crippen LogP contribution in [0.2, 0.25) is 0 Å². The average Bonchev–Trinajstić information content (AvgIpc) is 2.40. The Hall–Kier alpha value is -0.210. The fourth-order valence-corrected chi connectivity index (χ4v) is 2.84. The normalized spacial score (nSPS) is 12.4. The Morgan fingerprint density at radius 2 is 1.89 bits per heavy atom. The van der Waals surface area contributed by atoms with Gasteiger partial charge in [-0.15, -0.1) is 11.6 Å². The summed E-state index contributed by atoms with van der Waals surface area (Å²) in [5.74, 6) is 0.916. The third-order valence-corrected chi connectivity index (χ3v) is 4.12. The third-order valence-electron chi connectivity index (χ3n) is 3.17. The van der Waals surface area contributed by atoms with E-state index < -0.39 is 0 Å². The zero-order valence-electron chi connectivity index (χ0n) is 11.9. The van der Waals surface area contributed by atoms with Gasteiger partial charge in [0.25, 0.3) is 0 Å². The van der Waals surface area contributed by atoms with Crippen LogP contribution in [-0.2, 0) is 0 Å². The number of hydrogen-bond donors (Lipinski definition) is 0. The van der Waals surface area contributed by atoms with E-state index in [1.165, 1.54) is 32.1 Å². The van der Waals surface area contributed by atoms with Crippen molar-refractivity contribution in [3.63, 3.8) is 0 Å². The second-order valence-corrected chi connectivity index (χ2v) is 6.23. The molecule has 0 amide bonds. The lowest BCUT2D eigenvalue weighted by Crippen LogP contribution is -1.99. The Balaban J connectivity index is 2.54. The summed E-state index contributed by atoms with van der Waals surface area (Å²) < 4.78 is 6.71. The minimum absolute atomic E-state index is 0.0423. The second kappa shape index (κ2) is 9.66. The lowest BCUT2D eigenvalue weighted by Gasteiger charge is -2.15. The van der Waals surface area contributed by atoms with Crippen LogP contribution >= 0.6 is 27.5 Å². The Kier molecular flexibility index (Phi) is 8.56. The summed E-state index contributed by atoms with van der Waals surface area (Å²) >= 11 is 10.0. The summed E-state index contributed by atoms with van der Waals surface area (Å²) in [5, 5.41) is 0.0423. The number of benzene rings is 1. The van der Waals surface area contributed by atoms with Gasteiger partial charge in [-0.25, -0.2) is 0 Å². The van der Waals surface area contributed by atoms with E-state index in [-0.39, 0.29) is 5.38 Å². The highest BCUT2D eigenvalue weighted by molar-refractivity contribution is 9.10. The molecule has 1 rings (SSSR count). The number of halogens is 2. The number of hydrogen-bond acceptors (Lipinski definition) is 1. The van der Waals surface area contributed by atoms with E-state index >= 15 is 0 Å². The van der Waals surface area contributed by atoms with Crippen molar-refractivity contribution in [2.45, 2.75) is 57.7 Å². The van der Waals surface area contributed by atoms with Gasteiger partial charge in [-0.2, -0.15) is 0 Å². The van der Waals surface area contributed by atoms with Gasteiger partial charge in [0.2, 0.25) is 0 Å². The van der Waals surface area contributed by atoms with Crippen molar-refractivity contribution in [2.24, 2.45) is 0 Å². The quantitative estimate of drug-likeness (QED) is 0.366. The largest absolute Gasteiger partial charge is 0.494 e. The molecular formula is C16H24BrClO. The van der Waals surface area contributed by atoms with E-state index in [4.69, 9.17) is 16.3 Å². The van der Waals surface area contributed by atoms with Gasteiger partial charge in [0, 0.05) is 10.0 Å². The first-order chi connectivity index (χ1) is 9.19. The van der Waals surface area contributed by atoms with Crippen LogP contribution in [0.3, 0.4) is 0 Å². The molecule has 1 unspecified atom stereocenters. The van der Waals surface area contributed by atoms with E-state index in [2.05, 4.69) is 28.9 Å². The molecule has 0 aliphatic carbocycles. The van der Waals surface area contributed by atoms with Gasteiger partial charge in [-0.05, 0) is 31.5 Å². The molecule has 0 radical (unpaired) electrons. The Morgan fingerprint density at radius 1 is 1.16 bits per heavy atom. The van der Waals surface area contributed by atoms with Gasteiger partial charge in [0.15, 0.2) is 0 Å². The lowest BCUT2D eigenvalue weighted by molar-refractivity contribution is 0.335. The van der Waals surface area contributed by atoms with E-state index in [0.717, 1.165) is 22.2 Å². The zero-order chi connectivity index (χ0) is 14.1. The maximum Gasteiger partial charge on any atom is 0.124 e. The maximum atomic E-state index is 6.53. The Bertz CT molecular complexity index is 368. The molecule has 0 fully saturated rings. The number of ether oxygens (including phenoxy) is 1. The molecule has 0 spiro atoms. The molecule has 19 heavy (non-hydrogen) atoms. The highest BCUT2D eigenvalue weighted by Gasteiger charge is 2.14. The molecular weight excluding hydrogens is 324 g/mol. The lowest BCUT2D eigenvalue weighted by atomic mass is 10.0. The number of alkyl halides is 1. The summed E-state index contributed by atoms with van der Waals surface area (Å²) in [7, 11) is 0. The summed E-state index contributed by atoms with van der Waals surface area (Å²) in [5.41, 5.74) is 1.10. The first-order valence-corrected chi connectivity index (χ1v) is 8.48. The maximum absolute atomic E-state index is 6.53. The average molecular weight is 348 g/mol. The second-order valence-electron chi connectivity index (χ2n) is 4.79. The van der Waals surface area contributed by atoms with Crippen LogP contribution in [0.1, 0.15) is 63.3 Å². The molecule has 0 bridgehead atoms. The van der Waals surface area contributed by atoms with Crippen LogP contribution in [0, 0.1) is 0 Å². The molecule has 0 heterocycles. The molecule has 0 saturated carbocycles. The van der Waals surface area contributed by atoms with Gasteiger partial charge < -0.3 is 4.74 Å². The van der Waals surface area contributed by atoms with Crippen LogP contribution in [0.5, 0.6) is 5.75 Å². The minimum Gasteiger partial charge on any atom is -0.494 e. The molecule has 0 aromatic heterocycles. The summed E-state index contributed by atoms with van der Waals surface area (Å²) in [4.78, 5) is 0. The Morgan fingerprint density at radius 3 is 2.58 bits per heavy atom. The van der Waals surface area contributed by atoms with E-state index in [1.54, 1.807) is 0 Å². The van der Waals surface area contributed by atoms with Crippen LogP contribution in [0.15, 0.2) is 22.7 Å². The van der Waals surface area contributed by atoms with E-state index in [0.29, 0.717) is 6.61 Å². The van der Waals surface area contributed by atoms with Crippen LogP contribution in [-0.4, -0.2) is 6.61 Å². The van der Waals surface area contributed by atoms with Gasteiger partial charge >= 0.3 is 0 Å². The number of unbranched alkanes of at least 4 members (excludes halogenated alkanes) is 4. The molecule has 0 saturated heterocycles. The predicted octanol–water partition coefficient (Wildman–Crippen LogP) is 6.49. The molecule has 108 valence electrons. The molecule has 0 aliphatic rings. The summed E-state index contributed by atoms with van der Waals surface area (Å²) in [6.45, 7) is 4.91. The highest BCUT2D eigenvalue weighted by atomic mass is 79.9. The molecule has 3 heteroatoms. The smallest absolute Gasteiger partial charge is 0.124 e. The molecule has 1 atom stereocenters. The van der Waals surface area contributed by atoms with E-state index in [1.807, 2.05) is 19.1 Å². The van der Waals surface area contributed by atoms with Crippen molar-refractivity contribution >= 4 is 27.5 Å². The zero-order valence-corrected chi connectivity index (χ0v) is 14.3. The molecule has 1 aromatic rings. The first-order valence-electron chi connectivity index (χ1n) is 7.25. The van der Waals surface area contributed by atoms with Crippen molar-refractivity contribution in [2.75, 3.05) is 6.61 Å². The SMILES string of the molecule is CCCCCCCC(Cl)c1cc(Br)ccc1OCC. The van der Waals surface area contributed by atoms with Crippen LogP contribution in [0.4, 0.5) is 0 Å².